The zero-order valence-corrected chi connectivity index (χ0v) is 16.4. The Morgan fingerprint density at radius 2 is 1.81 bits per heavy atom. The van der Waals surface area contributed by atoms with Crippen molar-refractivity contribution in [3.63, 3.8) is 0 Å². The molecular weight excluding hydrogens is 340 g/mol. The van der Waals surface area contributed by atoms with E-state index in [1.807, 2.05) is 0 Å². The normalized spacial score (nSPS) is 25.7. The molecule has 6 heteroatoms. The second-order valence-electron chi connectivity index (χ2n) is 7.87. The van der Waals surface area contributed by atoms with Crippen molar-refractivity contribution in [2.45, 2.75) is 19.0 Å². The highest BCUT2D eigenvalue weighted by Crippen LogP contribution is 2.21. The summed E-state index contributed by atoms with van der Waals surface area (Å²) < 4.78 is 11.6. The van der Waals surface area contributed by atoms with E-state index in [9.17, 15) is 0 Å². The fraction of sp³-hybridized carbons (Fsp3) is 0.714. The molecule has 1 atom stereocenters. The molecule has 0 amide bonds. The van der Waals surface area contributed by atoms with Crippen molar-refractivity contribution in [1.29, 1.82) is 0 Å². The van der Waals surface area contributed by atoms with Gasteiger partial charge in [0.25, 0.3) is 0 Å². The van der Waals surface area contributed by atoms with Crippen LogP contribution in [0.15, 0.2) is 24.3 Å². The number of benzene rings is 1. The maximum absolute atomic E-state index is 6.16. The van der Waals surface area contributed by atoms with Crippen LogP contribution in [-0.2, 0) is 11.3 Å². The van der Waals surface area contributed by atoms with Crippen molar-refractivity contribution in [3.8, 4) is 5.75 Å². The molecule has 150 valence electrons. The van der Waals surface area contributed by atoms with E-state index in [0.717, 1.165) is 70.9 Å². The largest absolute Gasteiger partial charge is 0.492 e. The number of nitrogens with one attached hydrogen (secondary N) is 1. The van der Waals surface area contributed by atoms with Crippen LogP contribution in [0.5, 0.6) is 5.75 Å². The number of hydrogen-bond acceptors (Lipinski definition) is 6. The third kappa shape index (κ3) is 5.42. The number of nitrogens with zero attached hydrogens (tertiary/aromatic N) is 3. The van der Waals surface area contributed by atoms with Gasteiger partial charge in [-0.05, 0) is 19.0 Å². The second kappa shape index (κ2) is 9.85. The van der Waals surface area contributed by atoms with Gasteiger partial charge in [-0.2, -0.15) is 0 Å². The van der Waals surface area contributed by atoms with Crippen molar-refractivity contribution in [2.75, 3.05) is 78.7 Å². The SMILES string of the molecule is c1ccc(OCCN2CCOCC2)c(CN2CCN([C@@H]3CCNC3)CC2)c1. The quantitative estimate of drug-likeness (QED) is 0.764. The molecular formula is C21H34N4O2. The van der Waals surface area contributed by atoms with E-state index in [1.165, 1.54) is 38.2 Å². The van der Waals surface area contributed by atoms with Crippen LogP contribution >= 0.6 is 0 Å². The molecule has 0 bridgehead atoms. The summed E-state index contributed by atoms with van der Waals surface area (Å²) in [6.45, 7) is 13.5. The van der Waals surface area contributed by atoms with Crippen LogP contribution < -0.4 is 10.1 Å². The highest BCUT2D eigenvalue weighted by molar-refractivity contribution is 5.33. The fourth-order valence-corrected chi connectivity index (χ4v) is 4.36. The van der Waals surface area contributed by atoms with Gasteiger partial charge in [0.05, 0.1) is 13.2 Å². The first-order valence-corrected chi connectivity index (χ1v) is 10.6. The van der Waals surface area contributed by atoms with E-state index < -0.39 is 0 Å². The number of morpholine rings is 1. The maximum atomic E-state index is 6.16. The zero-order chi connectivity index (χ0) is 18.3. The molecule has 3 heterocycles. The summed E-state index contributed by atoms with van der Waals surface area (Å²) >= 11 is 0. The van der Waals surface area contributed by atoms with Crippen LogP contribution in [0.1, 0.15) is 12.0 Å². The highest BCUT2D eigenvalue weighted by atomic mass is 16.5. The van der Waals surface area contributed by atoms with Crippen molar-refractivity contribution in [2.24, 2.45) is 0 Å². The summed E-state index contributed by atoms with van der Waals surface area (Å²) in [5.74, 6) is 1.05. The van der Waals surface area contributed by atoms with Crippen LogP contribution in [0.3, 0.4) is 0 Å². The van der Waals surface area contributed by atoms with Crippen LogP contribution in [0, 0.1) is 0 Å². The van der Waals surface area contributed by atoms with Gasteiger partial charge in [-0.25, -0.2) is 0 Å². The van der Waals surface area contributed by atoms with E-state index in [1.54, 1.807) is 0 Å². The molecule has 0 spiro atoms. The van der Waals surface area contributed by atoms with Crippen molar-refractivity contribution >= 4 is 0 Å². The fourth-order valence-electron chi connectivity index (χ4n) is 4.36. The lowest BCUT2D eigenvalue weighted by Crippen LogP contribution is -2.50. The molecule has 4 rings (SSSR count). The summed E-state index contributed by atoms with van der Waals surface area (Å²) in [6, 6.07) is 9.30. The molecule has 0 saturated carbocycles. The molecule has 3 fully saturated rings. The number of rotatable bonds is 7. The minimum absolute atomic E-state index is 0.749. The van der Waals surface area contributed by atoms with Crippen LogP contribution in [0.25, 0.3) is 0 Å². The molecule has 3 saturated heterocycles. The summed E-state index contributed by atoms with van der Waals surface area (Å²) in [5.41, 5.74) is 1.32. The first-order valence-electron chi connectivity index (χ1n) is 10.6. The van der Waals surface area contributed by atoms with Crippen LogP contribution in [0.2, 0.25) is 0 Å². The molecule has 27 heavy (non-hydrogen) atoms. The lowest BCUT2D eigenvalue weighted by Gasteiger charge is -2.38. The zero-order valence-electron chi connectivity index (χ0n) is 16.4. The van der Waals surface area contributed by atoms with E-state index in [0.29, 0.717) is 0 Å². The predicted octanol–water partition coefficient (Wildman–Crippen LogP) is 0.877. The van der Waals surface area contributed by atoms with E-state index in [2.05, 4.69) is 44.3 Å². The van der Waals surface area contributed by atoms with Gasteiger partial charge in [-0.3, -0.25) is 14.7 Å². The number of ether oxygens (including phenoxy) is 2. The standard InChI is InChI=1S/C21H34N4O2/c1-2-4-21(27-16-13-23-11-14-26-15-12-23)19(3-1)18-24-7-9-25(10-8-24)20-5-6-22-17-20/h1-4,20,22H,5-18H2/t20-/m1/s1. The topological polar surface area (TPSA) is 40.2 Å². The van der Waals surface area contributed by atoms with E-state index in [4.69, 9.17) is 9.47 Å². The molecule has 3 aliphatic heterocycles. The Kier molecular flexibility index (Phi) is 6.98. The lowest BCUT2D eigenvalue weighted by molar-refractivity contribution is 0.0321. The number of piperazine rings is 1. The lowest BCUT2D eigenvalue weighted by atomic mass is 10.1. The molecule has 3 aliphatic rings. The predicted molar refractivity (Wildman–Crippen MR) is 107 cm³/mol. The highest BCUT2D eigenvalue weighted by Gasteiger charge is 2.26. The molecule has 0 radical (unpaired) electrons. The van der Waals surface area contributed by atoms with Gasteiger partial charge >= 0.3 is 0 Å². The smallest absolute Gasteiger partial charge is 0.123 e. The minimum atomic E-state index is 0.749. The van der Waals surface area contributed by atoms with Gasteiger partial charge in [0.1, 0.15) is 12.4 Å². The summed E-state index contributed by atoms with van der Waals surface area (Å²) in [7, 11) is 0. The molecule has 1 N–H and O–H groups in total. The average molecular weight is 375 g/mol. The van der Waals surface area contributed by atoms with E-state index in [-0.39, 0.29) is 0 Å². The molecule has 1 aromatic rings. The minimum Gasteiger partial charge on any atom is -0.492 e. The van der Waals surface area contributed by atoms with Gasteiger partial charge in [0, 0.05) is 70.5 Å². The Morgan fingerprint density at radius 1 is 1.00 bits per heavy atom. The molecule has 6 nitrogen and oxygen atoms in total. The Balaban J connectivity index is 1.24. The Morgan fingerprint density at radius 3 is 2.59 bits per heavy atom. The van der Waals surface area contributed by atoms with Gasteiger partial charge in [0.15, 0.2) is 0 Å². The van der Waals surface area contributed by atoms with E-state index >= 15 is 0 Å². The monoisotopic (exact) mass is 374 g/mol. The van der Waals surface area contributed by atoms with Gasteiger partial charge in [0.2, 0.25) is 0 Å². The Labute approximate surface area is 163 Å². The summed E-state index contributed by atoms with van der Waals surface area (Å²) in [5, 5.41) is 3.49. The molecule has 0 aliphatic carbocycles. The average Bonchev–Trinajstić information content (AvgIpc) is 3.26. The molecule has 0 unspecified atom stereocenters. The first kappa shape index (κ1) is 19.2. The maximum Gasteiger partial charge on any atom is 0.123 e. The van der Waals surface area contributed by atoms with Crippen molar-refractivity contribution in [3.05, 3.63) is 29.8 Å². The third-order valence-corrected chi connectivity index (χ3v) is 6.09. The first-order chi connectivity index (χ1) is 13.4. The Hall–Kier alpha value is -1.18. The van der Waals surface area contributed by atoms with Crippen LogP contribution in [0.4, 0.5) is 0 Å². The van der Waals surface area contributed by atoms with Crippen molar-refractivity contribution in [1.82, 2.24) is 20.0 Å². The van der Waals surface area contributed by atoms with Gasteiger partial charge in [-0.15, -0.1) is 0 Å². The van der Waals surface area contributed by atoms with Crippen molar-refractivity contribution < 1.29 is 9.47 Å². The van der Waals surface area contributed by atoms with Gasteiger partial charge in [-0.1, -0.05) is 18.2 Å². The molecule has 1 aromatic carbocycles. The number of hydrogen-bond donors (Lipinski definition) is 1. The third-order valence-electron chi connectivity index (χ3n) is 6.09. The number of para-hydroxylation sites is 1. The van der Waals surface area contributed by atoms with Gasteiger partial charge < -0.3 is 14.8 Å². The summed E-state index contributed by atoms with van der Waals surface area (Å²) in [4.78, 5) is 7.66. The molecule has 0 aromatic heterocycles. The summed E-state index contributed by atoms with van der Waals surface area (Å²) in [6.07, 6.45) is 1.31. The Bertz CT molecular complexity index is 565. The van der Waals surface area contributed by atoms with Crippen LogP contribution in [-0.4, -0.2) is 99.5 Å². The second-order valence-corrected chi connectivity index (χ2v) is 7.87.